The summed E-state index contributed by atoms with van der Waals surface area (Å²) < 4.78 is 4.53. The lowest BCUT2D eigenvalue weighted by Gasteiger charge is -2.07. The van der Waals surface area contributed by atoms with Crippen molar-refractivity contribution in [3.05, 3.63) is 0 Å². The number of hydrogen-bond acceptors (Lipinski definition) is 3. The SMILES string of the molecule is CCCCC(=O)CC(C)C(=O)OC. The zero-order chi connectivity index (χ0) is 10.3. The van der Waals surface area contributed by atoms with E-state index in [0.29, 0.717) is 12.8 Å². The number of carbonyl (C=O) groups excluding carboxylic acids is 2. The number of ether oxygens (including phenoxy) is 1. The van der Waals surface area contributed by atoms with Crippen molar-refractivity contribution >= 4 is 11.8 Å². The smallest absolute Gasteiger partial charge is 0.308 e. The Bertz CT molecular complexity index is 175. The molecular weight excluding hydrogens is 168 g/mol. The first kappa shape index (κ1) is 12.1. The molecule has 0 aromatic carbocycles. The molecule has 0 aromatic rings. The molecule has 0 amide bonds. The van der Waals surface area contributed by atoms with Gasteiger partial charge in [-0.15, -0.1) is 0 Å². The summed E-state index contributed by atoms with van der Waals surface area (Å²) in [4.78, 5) is 22.2. The van der Waals surface area contributed by atoms with Crippen LogP contribution in [0.5, 0.6) is 0 Å². The zero-order valence-electron chi connectivity index (χ0n) is 8.63. The van der Waals surface area contributed by atoms with Crippen molar-refractivity contribution in [3.8, 4) is 0 Å². The van der Waals surface area contributed by atoms with Crippen LogP contribution in [-0.2, 0) is 14.3 Å². The van der Waals surface area contributed by atoms with Gasteiger partial charge in [0.15, 0.2) is 0 Å². The predicted octanol–water partition coefficient (Wildman–Crippen LogP) is 1.94. The van der Waals surface area contributed by atoms with Gasteiger partial charge in [-0.25, -0.2) is 0 Å². The fourth-order valence-electron chi connectivity index (χ4n) is 1.10. The van der Waals surface area contributed by atoms with Crippen molar-refractivity contribution in [1.29, 1.82) is 0 Å². The number of hydrogen-bond donors (Lipinski definition) is 0. The molecule has 0 saturated carbocycles. The summed E-state index contributed by atoms with van der Waals surface area (Å²) >= 11 is 0. The molecule has 1 atom stereocenters. The van der Waals surface area contributed by atoms with Gasteiger partial charge in [-0.2, -0.15) is 0 Å². The summed E-state index contributed by atoms with van der Waals surface area (Å²) in [6.45, 7) is 3.76. The number of unbranched alkanes of at least 4 members (excludes halogenated alkanes) is 1. The highest BCUT2D eigenvalue weighted by Gasteiger charge is 2.16. The summed E-state index contributed by atoms with van der Waals surface area (Å²) in [6.07, 6.45) is 2.82. The number of carbonyl (C=O) groups is 2. The number of ketones is 1. The standard InChI is InChI=1S/C10H18O3/c1-4-5-6-9(11)7-8(2)10(12)13-3/h8H,4-7H2,1-3H3. The average molecular weight is 186 g/mol. The van der Waals surface area contributed by atoms with Crippen molar-refractivity contribution in [1.82, 2.24) is 0 Å². The second kappa shape index (κ2) is 6.63. The Balaban J connectivity index is 3.71. The predicted molar refractivity (Wildman–Crippen MR) is 50.3 cm³/mol. The van der Waals surface area contributed by atoms with E-state index in [2.05, 4.69) is 4.74 Å². The topological polar surface area (TPSA) is 43.4 Å². The molecule has 0 aliphatic rings. The van der Waals surface area contributed by atoms with Crippen LogP contribution >= 0.6 is 0 Å². The summed E-state index contributed by atoms with van der Waals surface area (Å²) in [6, 6.07) is 0. The van der Waals surface area contributed by atoms with Gasteiger partial charge < -0.3 is 4.74 Å². The average Bonchev–Trinajstić information content (AvgIpc) is 2.13. The molecule has 76 valence electrons. The van der Waals surface area contributed by atoms with Crippen LogP contribution < -0.4 is 0 Å². The van der Waals surface area contributed by atoms with Crippen LogP contribution in [-0.4, -0.2) is 18.9 Å². The van der Waals surface area contributed by atoms with Gasteiger partial charge in [-0.3, -0.25) is 9.59 Å². The minimum Gasteiger partial charge on any atom is -0.469 e. The lowest BCUT2D eigenvalue weighted by molar-refractivity contribution is -0.146. The molecule has 3 nitrogen and oxygen atoms in total. The van der Waals surface area contributed by atoms with E-state index in [1.54, 1.807) is 6.92 Å². The molecule has 0 aromatic heterocycles. The highest BCUT2D eigenvalue weighted by molar-refractivity contribution is 5.84. The summed E-state index contributed by atoms with van der Waals surface area (Å²) in [5, 5.41) is 0. The van der Waals surface area contributed by atoms with Crippen molar-refractivity contribution in [2.24, 2.45) is 5.92 Å². The van der Waals surface area contributed by atoms with E-state index in [1.165, 1.54) is 7.11 Å². The van der Waals surface area contributed by atoms with Crippen LogP contribution in [0.1, 0.15) is 39.5 Å². The largest absolute Gasteiger partial charge is 0.469 e. The molecule has 1 unspecified atom stereocenters. The lowest BCUT2D eigenvalue weighted by Crippen LogP contribution is -2.16. The van der Waals surface area contributed by atoms with E-state index in [-0.39, 0.29) is 17.7 Å². The maximum absolute atomic E-state index is 11.2. The molecule has 0 N–H and O–H groups in total. The van der Waals surface area contributed by atoms with Crippen LogP contribution in [0.15, 0.2) is 0 Å². The van der Waals surface area contributed by atoms with E-state index in [9.17, 15) is 9.59 Å². The van der Waals surface area contributed by atoms with E-state index in [4.69, 9.17) is 0 Å². The van der Waals surface area contributed by atoms with Gasteiger partial charge in [0, 0.05) is 12.8 Å². The normalized spacial score (nSPS) is 12.2. The van der Waals surface area contributed by atoms with Crippen LogP contribution in [0, 0.1) is 5.92 Å². The quantitative estimate of drug-likeness (QED) is 0.595. The first-order chi connectivity index (χ1) is 6.11. The second-order valence-corrected chi connectivity index (χ2v) is 3.27. The first-order valence-electron chi connectivity index (χ1n) is 4.71. The van der Waals surface area contributed by atoms with E-state index in [1.807, 2.05) is 6.92 Å². The molecule has 0 aliphatic heterocycles. The molecule has 0 aliphatic carbocycles. The first-order valence-corrected chi connectivity index (χ1v) is 4.71. The van der Waals surface area contributed by atoms with E-state index >= 15 is 0 Å². The second-order valence-electron chi connectivity index (χ2n) is 3.27. The Labute approximate surface area is 79.5 Å². The van der Waals surface area contributed by atoms with Gasteiger partial charge in [0.1, 0.15) is 5.78 Å². The van der Waals surface area contributed by atoms with Gasteiger partial charge in [0.2, 0.25) is 0 Å². The minimum atomic E-state index is -0.301. The van der Waals surface area contributed by atoms with Gasteiger partial charge in [-0.1, -0.05) is 20.3 Å². The Kier molecular flexibility index (Phi) is 6.20. The maximum Gasteiger partial charge on any atom is 0.308 e. The minimum absolute atomic E-state index is 0.153. The van der Waals surface area contributed by atoms with Gasteiger partial charge >= 0.3 is 5.97 Å². The van der Waals surface area contributed by atoms with Gasteiger partial charge in [0.05, 0.1) is 13.0 Å². The molecule has 0 fully saturated rings. The summed E-state index contributed by atoms with van der Waals surface area (Å²) in [7, 11) is 1.34. The highest BCUT2D eigenvalue weighted by atomic mass is 16.5. The maximum atomic E-state index is 11.2. The Hall–Kier alpha value is -0.860. The van der Waals surface area contributed by atoms with Gasteiger partial charge in [0.25, 0.3) is 0 Å². The van der Waals surface area contributed by atoms with Crippen molar-refractivity contribution in [2.45, 2.75) is 39.5 Å². The molecular formula is C10H18O3. The molecule has 0 radical (unpaired) electrons. The van der Waals surface area contributed by atoms with Crippen LogP contribution in [0.3, 0.4) is 0 Å². The van der Waals surface area contributed by atoms with Crippen molar-refractivity contribution in [3.63, 3.8) is 0 Å². The molecule has 0 bridgehead atoms. The highest BCUT2D eigenvalue weighted by Crippen LogP contribution is 2.08. The Morgan fingerprint density at radius 3 is 2.46 bits per heavy atom. The molecule has 13 heavy (non-hydrogen) atoms. The fourth-order valence-corrected chi connectivity index (χ4v) is 1.10. The van der Waals surface area contributed by atoms with E-state index < -0.39 is 0 Å². The fraction of sp³-hybridized carbons (Fsp3) is 0.800. The Morgan fingerprint density at radius 1 is 1.38 bits per heavy atom. The monoisotopic (exact) mass is 186 g/mol. The van der Waals surface area contributed by atoms with Crippen LogP contribution in [0.25, 0.3) is 0 Å². The van der Waals surface area contributed by atoms with Crippen LogP contribution in [0.4, 0.5) is 0 Å². The van der Waals surface area contributed by atoms with Crippen LogP contribution in [0.2, 0.25) is 0 Å². The lowest BCUT2D eigenvalue weighted by atomic mass is 10.0. The molecule has 0 heterocycles. The third-order valence-electron chi connectivity index (χ3n) is 1.95. The number of rotatable bonds is 6. The third-order valence-corrected chi connectivity index (χ3v) is 1.95. The number of Topliss-reactive ketones (excluding diaryl/α,β-unsaturated/α-hetero) is 1. The third kappa shape index (κ3) is 5.39. The zero-order valence-corrected chi connectivity index (χ0v) is 8.63. The molecule has 0 saturated heterocycles. The number of methoxy groups -OCH3 is 1. The summed E-state index contributed by atoms with van der Waals surface area (Å²) in [5.41, 5.74) is 0. The molecule has 0 spiro atoms. The molecule has 3 heteroatoms. The van der Waals surface area contributed by atoms with E-state index in [0.717, 1.165) is 12.8 Å². The summed E-state index contributed by atoms with van der Waals surface area (Å²) in [5.74, 6) is -0.445. The Morgan fingerprint density at radius 2 is 2.00 bits per heavy atom. The van der Waals surface area contributed by atoms with Crippen molar-refractivity contribution < 1.29 is 14.3 Å². The van der Waals surface area contributed by atoms with Gasteiger partial charge in [-0.05, 0) is 6.42 Å². The van der Waals surface area contributed by atoms with Crippen molar-refractivity contribution in [2.75, 3.05) is 7.11 Å². The molecule has 0 rings (SSSR count). The number of esters is 1.